The summed E-state index contributed by atoms with van der Waals surface area (Å²) in [4.78, 5) is 11.8. The molecule has 162 valence electrons. The predicted octanol–water partition coefficient (Wildman–Crippen LogP) is 4.85. The van der Waals surface area contributed by atoms with E-state index in [1.54, 1.807) is 26.2 Å². The fourth-order valence-electron chi connectivity index (χ4n) is 3.41. The summed E-state index contributed by atoms with van der Waals surface area (Å²) in [6.45, 7) is 1.54. The van der Waals surface area contributed by atoms with E-state index in [9.17, 15) is 9.90 Å². The Morgan fingerprint density at radius 3 is 2.38 bits per heavy atom. The Hall–Kier alpha value is -3.42. The summed E-state index contributed by atoms with van der Waals surface area (Å²) in [6.07, 6.45) is -0.922. The van der Waals surface area contributed by atoms with Crippen molar-refractivity contribution in [1.29, 1.82) is 0 Å². The number of thioether (sulfide) groups is 1. The van der Waals surface area contributed by atoms with Gasteiger partial charge in [-0.05, 0) is 42.8 Å². The fourth-order valence-corrected chi connectivity index (χ4v) is 4.35. The van der Waals surface area contributed by atoms with Crippen LogP contribution in [-0.2, 0) is 5.75 Å². The second-order valence-corrected chi connectivity index (χ2v) is 8.14. The van der Waals surface area contributed by atoms with Crippen molar-refractivity contribution in [2.45, 2.75) is 23.9 Å². The highest BCUT2D eigenvalue weighted by Gasteiger charge is 2.22. The number of ether oxygens (including phenoxy) is 1. The molecule has 0 radical (unpaired) electrons. The second kappa shape index (κ2) is 9.80. The number of rotatable bonds is 8. The standard InChI is InChI=1S/C25H23N3O3S/c1-17(29)19-13-14-22(31-2)20(15-19)16-32-25-27-26-24(23(30)18-9-5-3-6-10-18)28(25)21-11-7-4-8-12-21/h3-15,23,30H,16H2,1-2H3. The summed E-state index contributed by atoms with van der Waals surface area (Å²) in [6, 6.07) is 24.5. The first kappa shape index (κ1) is 21.8. The van der Waals surface area contributed by atoms with E-state index in [0.29, 0.717) is 28.0 Å². The van der Waals surface area contributed by atoms with Crippen LogP contribution in [0.3, 0.4) is 0 Å². The maximum absolute atomic E-state index is 11.8. The molecule has 3 aromatic carbocycles. The summed E-state index contributed by atoms with van der Waals surface area (Å²) in [5, 5.41) is 20.4. The molecule has 1 aromatic heterocycles. The van der Waals surface area contributed by atoms with Crippen molar-refractivity contribution in [3.05, 3.63) is 101 Å². The van der Waals surface area contributed by atoms with Gasteiger partial charge in [-0.15, -0.1) is 10.2 Å². The molecule has 6 nitrogen and oxygen atoms in total. The van der Waals surface area contributed by atoms with E-state index in [0.717, 1.165) is 16.8 Å². The molecule has 0 bridgehead atoms. The number of aliphatic hydroxyl groups is 1. The van der Waals surface area contributed by atoms with Crippen molar-refractivity contribution in [1.82, 2.24) is 14.8 Å². The first-order valence-corrected chi connectivity index (χ1v) is 11.1. The molecule has 0 saturated heterocycles. The van der Waals surface area contributed by atoms with Crippen LogP contribution in [0.2, 0.25) is 0 Å². The molecule has 4 rings (SSSR count). The minimum Gasteiger partial charge on any atom is -0.496 e. The van der Waals surface area contributed by atoms with Crippen molar-refractivity contribution in [3.8, 4) is 11.4 Å². The number of hydrogen-bond donors (Lipinski definition) is 1. The van der Waals surface area contributed by atoms with Crippen molar-refractivity contribution in [2.75, 3.05) is 7.11 Å². The average molecular weight is 446 g/mol. The molecule has 1 heterocycles. The number of methoxy groups -OCH3 is 1. The highest BCUT2D eigenvalue weighted by molar-refractivity contribution is 7.98. The molecule has 0 aliphatic heterocycles. The molecule has 0 spiro atoms. The van der Waals surface area contributed by atoms with Gasteiger partial charge in [-0.3, -0.25) is 9.36 Å². The number of nitrogens with zero attached hydrogens (tertiary/aromatic N) is 3. The van der Waals surface area contributed by atoms with Crippen molar-refractivity contribution < 1.29 is 14.6 Å². The Kier molecular flexibility index (Phi) is 6.68. The summed E-state index contributed by atoms with van der Waals surface area (Å²) >= 11 is 1.47. The Balaban J connectivity index is 1.70. The molecule has 0 aliphatic carbocycles. The lowest BCUT2D eigenvalue weighted by Crippen LogP contribution is -2.09. The van der Waals surface area contributed by atoms with Gasteiger partial charge in [0.25, 0.3) is 0 Å². The molecule has 32 heavy (non-hydrogen) atoms. The fraction of sp³-hybridized carbons (Fsp3) is 0.160. The van der Waals surface area contributed by atoms with Gasteiger partial charge in [0, 0.05) is 22.6 Å². The van der Waals surface area contributed by atoms with E-state index in [4.69, 9.17) is 4.74 Å². The van der Waals surface area contributed by atoms with Crippen molar-refractivity contribution >= 4 is 17.5 Å². The Bertz CT molecular complexity index is 1210. The number of carbonyl (C=O) groups is 1. The van der Waals surface area contributed by atoms with E-state index in [1.165, 1.54) is 11.8 Å². The van der Waals surface area contributed by atoms with Crippen LogP contribution in [0.1, 0.15) is 40.3 Å². The van der Waals surface area contributed by atoms with E-state index in [1.807, 2.05) is 71.3 Å². The van der Waals surface area contributed by atoms with Crippen LogP contribution in [0.5, 0.6) is 5.75 Å². The third-order valence-electron chi connectivity index (χ3n) is 5.08. The van der Waals surface area contributed by atoms with Crippen LogP contribution in [0.25, 0.3) is 5.69 Å². The summed E-state index contributed by atoms with van der Waals surface area (Å²) in [5.74, 6) is 1.67. The van der Waals surface area contributed by atoms with E-state index < -0.39 is 6.10 Å². The molecule has 0 fully saturated rings. The number of carbonyl (C=O) groups excluding carboxylic acids is 1. The molecule has 0 amide bonds. The Morgan fingerprint density at radius 2 is 1.72 bits per heavy atom. The van der Waals surface area contributed by atoms with Crippen LogP contribution >= 0.6 is 11.8 Å². The van der Waals surface area contributed by atoms with Crippen LogP contribution in [0.4, 0.5) is 0 Å². The first-order valence-electron chi connectivity index (χ1n) is 10.1. The SMILES string of the molecule is COc1ccc(C(C)=O)cc1CSc1nnc(C(O)c2ccccc2)n1-c1ccccc1. The number of benzene rings is 3. The lowest BCUT2D eigenvalue weighted by Gasteiger charge is -2.15. The average Bonchev–Trinajstić information content (AvgIpc) is 3.27. The van der Waals surface area contributed by atoms with Crippen molar-refractivity contribution in [2.24, 2.45) is 0 Å². The molecule has 4 aromatic rings. The van der Waals surface area contributed by atoms with Gasteiger partial charge in [-0.1, -0.05) is 60.3 Å². The smallest absolute Gasteiger partial charge is 0.196 e. The van der Waals surface area contributed by atoms with Crippen LogP contribution < -0.4 is 4.74 Å². The third kappa shape index (κ3) is 4.59. The molecular formula is C25H23N3O3S. The highest BCUT2D eigenvalue weighted by atomic mass is 32.2. The summed E-state index contributed by atoms with van der Waals surface area (Å²) in [7, 11) is 1.61. The lowest BCUT2D eigenvalue weighted by atomic mass is 10.1. The molecular weight excluding hydrogens is 422 g/mol. The molecule has 0 saturated carbocycles. The normalized spacial score (nSPS) is 11.8. The monoisotopic (exact) mass is 445 g/mol. The molecule has 1 unspecified atom stereocenters. The van der Waals surface area contributed by atoms with E-state index in [-0.39, 0.29) is 5.78 Å². The van der Waals surface area contributed by atoms with E-state index in [2.05, 4.69) is 10.2 Å². The van der Waals surface area contributed by atoms with Gasteiger partial charge < -0.3 is 9.84 Å². The zero-order valence-corrected chi connectivity index (χ0v) is 18.6. The zero-order valence-electron chi connectivity index (χ0n) is 17.8. The number of ketones is 1. The molecule has 0 aliphatic rings. The van der Waals surface area contributed by atoms with Crippen LogP contribution in [-0.4, -0.2) is 32.8 Å². The maximum Gasteiger partial charge on any atom is 0.196 e. The summed E-state index contributed by atoms with van der Waals surface area (Å²) in [5.41, 5.74) is 3.11. The van der Waals surface area contributed by atoms with Gasteiger partial charge in [-0.2, -0.15) is 0 Å². The first-order chi connectivity index (χ1) is 15.6. The topological polar surface area (TPSA) is 77.2 Å². The quantitative estimate of drug-likeness (QED) is 0.309. The van der Waals surface area contributed by atoms with Gasteiger partial charge in [0.15, 0.2) is 16.8 Å². The minimum absolute atomic E-state index is 0.000347. The molecule has 1 atom stereocenters. The molecule has 1 N–H and O–H groups in total. The third-order valence-corrected chi connectivity index (χ3v) is 6.05. The predicted molar refractivity (Wildman–Crippen MR) is 124 cm³/mol. The van der Waals surface area contributed by atoms with Gasteiger partial charge in [-0.25, -0.2) is 0 Å². The number of Topliss-reactive ketones (excluding diaryl/α,β-unsaturated/α-hetero) is 1. The summed E-state index contributed by atoms with van der Waals surface area (Å²) < 4.78 is 7.34. The minimum atomic E-state index is -0.922. The number of para-hydroxylation sites is 1. The van der Waals surface area contributed by atoms with E-state index >= 15 is 0 Å². The van der Waals surface area contributed by atoms with Gasteiger partial charge in [0.2, 0.25) is 0 Å². The largest absolute Gasteiger partial charge is 0.496 e. The zero-order chi connectivity index (χ0) is 22.5. The number of aromatic nitrogens is 3. The Morgan fingerprint density at radius 1 is 1.03 bits per heavy atom. The molecule has 7 heteroatoms. The van der Waals surface area contributed by atoms with Crippen LogP contribution in [0, 0.1) is 0 Å². The second-order valence-electron chi connectivity index (χ2n) is 7.20. The van der Waals surface area contributed by atoms with Crippen molar-refractivity contribution in [3.63, 3.8) is 0 Å². The Labute approximate surface area is 190 Å². The highest BCUT2D eigenvalue weighted by Crippen LogP contribution is 2.32. The van der Waals surface area contributed by atoms with Gasteiger partial charge >= 0.3 is 0 Å². The lowest BCUT2D eigenvalue weighted by molar-refractivity contribution is 0.101. The number of aliphatic hydroxyl groups excluding tert-OH is 1. The number of hydrogen-bond acceptors (Lipinski definition) is 6. The van der Waals surface area contributed by atoms with Gasteiger partial charge in [0.1, 0.15) is 11.9 Å². The maximum atomic E-state index is 11.8. The van der Waals surface area contributed by atoms with Crippen LogP contribution in [0.15, 0.2) is 84.0 Å². The van der Waals surface area contributed by atoms with Gasteiger partial charge in [0.05, 0.1) is 7.11 Å².